The average Bonchev–Trinajstić information content (AvgIpc) is 3.28. The number of anilines is 10. The van der Waals surface area contributed by atoms with Gasteiger partial charge in [0.2, 0.25) is 34.4 Å². The first-order valence-electron chi connectivity index (χ1n) is 19.0. The molecular formula is C46H36Cl2N10O2. The SMILES string of the molecule is COc1ccc(N2c3cccc(c3)N(c3ccc(OC)cc3)c3nc(Cl)nc(n3)N(Cc3ccccc3)c3cccc(c3)N(Cc3ccccc3)c3nc(Cl)nc2n3)cc1. The fourth-order valence-electron chi connectivity index (χ4n) is 7.01. The van der Waals surface area contributed by atoms with Crippen molar-refractivity contribution in [3.05, 3.63) is 179 Å². The molecule has 0 radical (unpaired) electrons. The van der Waals surface area contributed by atoms with Gasteiger partial charge in [0.25, 0.3) is 0 Å². The fraction of sp³-hybridized carbons (Fsp3) is 0.0870. The summed E-state index contributed by atoms with van der Waals surface area (Å²) in [7, 11) is 3.26. The van der Waals surface area contributed by atoms with E-state index in [-0.39, 0.29) is 10.6 Å². The molecule has 12 nitrogen and oxygen atoms in total. The summed E-state index contributed by atoms with van der Waals surface area (Å²) < 4.78 is 11.1. The van der Waals surface area contributed by atoms with E-state index in [1.807, 2.05) is 147 Å². The van der Waals surface area contributed by atoms with E-state index in [0.29, 0.717) is 59.8 Å². The Bertz CT molecular complexity index is 2570. The van der Waals surface area contributed by atoms with Crippen molar-refractivity contribution in [3.8, 4) is 11.5 Å². The third-order valence-electron chi connectivity index (χ3n) is 9.88. The summed E-state index contributed by atoms with van der Waals surface area (Å²) in [5.41, 5.74) is 6.54. The van der Waals surface area contributed by atoms with E-state index in [0.717, 1.165) is 33.9 Å². The molecule has 9 rings (SSSR count). The summed E-state index contributed by atoms with van der Waals surface area (Å²) in [5.74, 6) is 2.65. The zero-order valence-electron chi connectivity index (χ0n) is 32.5. The number of ether oxygens (including phenoxy) is 2. The van der Waals surface area contributed by atoms with Crippen molar-refractivity contribution in [2.45, 2.75) is 13.1 Å². The van der Waals surface area contributed by atoms with Crippen molar-refractivity contribution in [2.75, 3.05) is 33.8 Å². The van der Waals surface area contributed by atoms with Crippen molar-refractivity contribution >= 4 is 81.1 Å². The second-order valence-corrected chi connectivity index (χ2v) is 14.3. The van der Waals surface area contributed by atoms with Crippen LogP contribution in [0.2, 0.25) is 10.6 Å². The third kappa shape index (κ3) is 8.06. The molecule has 3 heterocycles. The first-order chi connectivity index (χ1) is 29.4. The van der Waals surface area contributed by atoms with E-state index < -0.39 is 0 Å². The molecule has 8 aromatic rings. The standard InChI is InChI=1S/C46H36Cl2N10O2/c1-59-39-23-19-33(20-24-39)57-37-17-10-18-38(28-37)58(34-21-25-40(60-2)26-22-34)46-52-42(48)50-44(54-46)56(30-32-13-7-4-8-14-32)36-16-9-15-35(27-36)55(29-31-11-5-3-6-12-31)43-49-41(47)51-45(57)53-43/h3-28H,29-30H2,1-2H3. The average molecular weight is 832 g/mol. The van der Waals surface area contributed by atoms with Crippen LogP contribution in [0, 0.1) is 0 Å². The van der Waals surface area contributed by atoms with Crippen LogP contribution in [0.5, 0.6) is 11.5 Å². The first kappa shape index (κ1) is 38.2. The second-order valence-electron chi connectivity index (χ2n) is 13.7. The Hall–Kier alpha value is -7.28. The van der Waals surface area contributed by atoms with E-state index in [4.69, 9.17) is 62.6 Å². The van der Waals surface area contributed by atoms with Crippen LogP contribution >= 0.6 is 23.2 Å². The number of methoxy groups -OCH3 is 2. The Balaban J connectivity index is 1.33. The van der Waals surface area contributed by atoms with Gasteiger partial charge in [-0.3, -0.25) is 9.80 Å². The minimum absolute atomic E-state index is 0.0211. The van der Waals surface area contributed by atoms with Gasteiger partial charge in [0.1, 0.15) is 11.5 Å². The molecule has 1 aliphatic heterocycles. The molecule has 0 aliphatic carbocycles. The number of nitrogens with zero attached hydrogens (tertiary/aromatic N) is 10. The van der Waals surface area contributed by atoms with Gasteiger partial charge >= 0.3 is 0 Å². The van der Waals surface area contributed by atoms with Gasteiger partial charge in [-0.2, -0.15) is 29.9 Å². The van der Waals surface area contributed by atoms with Gasteiger partial charge in [-0.05, 0) is 119 Å². The molecule has 2 aromatic heterocycles. The maximum Gasteiger partial charge on any atom is 0.240 e. The van der Waals surface area contributed by atoms with Crippen LogP contribution in [0.15, 0.2) is 158 Å². The summed E-state index contributed by atoms with van der Waals surface area (Å²) in [6, 6.07) is 51.5. The molecular weight excluding hydrogens is 795 g/mol. The minimum Gasteiger partial charge on any atom is -0.497 e. The molecule has 0 saturated carbocycles. The van der Waals surface area contributed by atoms with Crippen LogP contribution in [-0.2, 0) is 13.1 Å². The van der Waals surface area contributed by atoms with Gasteiger partial charge in [0.15, 0.2) is 0 Å². The van der Waals surface area contributed by atoms with Crippen LogP contribution in [0.4, 0.5) is 57.9 Å². The lowest BCUT2D eigenvalue weighted by Crippen LogP contribution is -2.24. The Labute approximate surface area is 356 Å². The summed E-state index contributed by atoms with van der Waals surface area (Å²) >= 11 is 13.8. The highest BCUT2D eigenvalue weighted by Crippen LogP contribution is 2.42. The molecule has 0 atom stereocenters. The highest BCUT2D eigenvalue weighted by molar-refractivity contribution is 6.28. The first-order valence-corrected chi connectivity index (χ1v) is 19.7. The highest BCUT2D eigenvalue weighted by Gasteiger charge is 2.26. The molecule has 296 valence electrons. The lowest BCUT2D eigenvalue weighted by molar-refractivity contribution is 0.414. The number of rotatable bonds is 8. The molecule has 0 saturated heterocycles. The smallest absolute Gasteiger partial charge is 0.240 e. The van der Waals surface area contributed by atoms with Crippen molar-refractivity contribution < 1.29 is 9.47 Å². The van der Waals surface area contributed by atoms with Crippen molar-refractivity contribution in [3.63, 3.8) is 0 Å². The number of halogens is 2. The van der Waals surface area contributed by atoms with Gasteiger partial charge in [0.05, 0.1) is 38.7 Å². The lowest BCUT2D eigenvalue weighted by atomic mass is 10.1. The van der Waals surface area contributed by atoms with E-state index >= 15 is 0 Å². The van der Waals surface area contributed by atoms with Crippen LogP contribution in [0.25, 0.3) is 0 Å². The number of fused-ring (bicyclic) bond motifs is 8. The van der Waals surface area contributed by atoms with E-state index in [1.54, 1.807) is 14.2 Å². The fourth-order valence-corrected chi connectivity index (χ4v) is 7.31. The van der Waals surface area contributed by atoms with Crippen LogP contribution in [-0.4, -0.2) is 44.1 Å². The summed E-state index contributed by atoms with van der Waals surface area (Å²) in [6.07, 6.45) is 0. The molecule has 14 heteroatoms. The molecule has 0 unspecified atom stereocenters. The quantitative estimate of drug-likeness (QED) is 0.145. The normalized spacial score (nSPS) is 12.3. The van der Waals surface area contributed by atoms with Crippen LogP contribution in [0.1, 0.15) is 11.1 Å². The third-order valence-corrected chi connectivity index (χ3v) is 10.2. The number of aromatic nitrogens is 6. The highest BCUT2D eigenvalue weighted by atomic mass is 35.5. The minimum atomic E-state index is 0.0211. The Kier molecular flexibility index (Phi) is 10.8. The van der Waals surface area contributed by atoms with Crippen LogP contribution < -0.4 is 29.1 Å². The summed E-state index contributed by atoms with van der Waals surface area (Å²) in [4.78, 5) is 37.2. The van der Waals surface area contributed by atoms with Gasteiger partial charge in [-0.1, -0.05) is 72.8 Å². The summed E-state index contributed by atoms with van der Waals surface area (Å²) in [6.45, 7) is 0.832. The monoisotopic (exact) mass is 830 g/mol. The Morgan fingerprint density at radius 2 is 0.750 bits per heavy atom. The molecule has 0 spiro atoms. The number of hydrogen-bond donors (Lipinski definition) is 0. The Morgan fingerprint density at radius 1 is 0.383 bits per heavy atom. The lowest BCUT2D eigenvalue weighted by Gasteiger charge is -2.30. The maximum atomic E-state index is 6.90. The van der Waals surface area contributed by atoms with E-state index in [2.05, 4.69) is 30.3 Å². The van der Waals surface area contributed by atoms with Gasteiger partial charge in [-0.15, -0.1) is 0 Å². The molecule has 0 amide bonds. The largest absolute Gasteiger partial charge is 0.497 e. The zero-order chi connectivity index (χ0) is 41.0. The molecule has 8 bridgehead atoms. The Morgan fingerprint density at radius 3 is 1.15 bits per heavy atom. The molecule has 0 N–H and O–H groups in total. The number of hydrogen-bond acceptors (Lipinski definition) is 12. The topological polar surface area (TPSA) is 109 Å². The second kappa shape index (κ2) is 16.9. The van der Waals surface area contributed by atoms with Gasteiger partial charge in [-0.25, -0.2) is 0 Å². The maximum absolute atomic E-state index is 6.90. The van der Waals surface area contributed by atoms with Crippen molar-refractivity contribution in [1.82, 2.24) is 29.9 Å². The molecule has 0 fully saturated rings. The van der Waals surface area contributed by atoms with Gasteiger partial charge < -0.3 is 19.3 Å². The van der Waals surface area contributed by atoms with E-state index in [1.165, 1.54) is 0 Å². The zero-order valence-corrected chi connectivity index (χ0v) is 34.0. The number of benzene rings is 6. The van der Waals surface area contributed by atoms with E-state index in [9.17, 15) is 0 Å². The van der Waals surface area contributed by atoms with Gasteiger partial charge in [0, 0.05) is 22.7 Å². The molecule has 1 aliphatic rings. The summed E-state index contributed by atoms with van der Waals surface area (Å²) in [5, 5.41) is 0.0422. The van der Waals surface area contributed by atoms with Crippen molar-refractivity contribution in [1.29, 1.82) is 0 Å². The molecule has 60 heavy (non-hydrogen) atoms. The predicted octanol–water partition coefficient (Wildman–Crippen LogP) is 11.3. The molecule has 6 aromatic carbocycles. The van der Waals surface area contributed by atoms with Crippen molar-refractivity contribution in [2.24, 2.45) is 0 Å². The predicted molar refractivity (Wildman–Crippen MR) is 237 cm³/mol. The van der Waals surface area contributed by atoms with Crippen LogP contribution in [0.3, 0.4) is 0 Å².